The zero-order valence-corrected chi connectivity index (χ0v) is 11.1. The minimum absolute atomic E-state index is 0.241. The van der Waals surface area contributed by atoms with Crippen molar-refractivity contribution in [1.82, 2.24) is 5.32 Å². The molecule has 0 radical (unpaired) electrons. The average molecular weight is 288 g/mol. The summed E-state index contributed by atoms with van der Waals surface area (Å²) in [6, 6.07) is 9.78. The number of furan rings is 1. The van der Waals surface area contributed by atoms with Gasteiger partial charge in [-0.2, -0.15) is 0 Å². The Kier molecular flexibility index (Phi) is 3.68. The number of rotatable bonds is 4. The summed E-state index contributed by atoms with van der Waals surface area (Å²) in [6.45, 7) is 0.278. The number of nitrogens with one attached hydrogen (secondary N) is 1. The summed E-state index contributed by atoms with van der Waals surface area (Å²) in [7, 11) is 0. The van der Waals surface area contributed by atoms with Crippen LogP contribution in [0.25, 0.3) is 0 Å². The average Bonchev–Trinajstić information content (AvgIpc) is 3.17. The van der Waals surface area contributed by atoms with Gasteiger partial charge in [0.05, 0.1) is 18.5 Å². The van der Waals surface area contributed by atoms with Gasteiger partial charge in [0, 0.05) is 12.0 Å². The highest BCUT2D eigenvalue weighted by molar-refractivity contribution is 6.04. The maximum Gasteiger partial charge on any atom is 0.264 e. The SMILES string of the molecule is O=C(NCc1ccco1)C1CC(c2ccccc2F)=NO1. The molecule has 0 aliphatic carbocycles. The van der Waals surface area contributed by atoms with Gasteiger partial charge in [-0.15, -0.1) is 0 Å². The van der Waals surface area contributed by atoms with Crippen LogP contribution in [0.1, 0.15) is 17.7 Å². The first-order valence-corrected chi connectivity index (χ1v) is 6.52. The van der Waals surface area contributed by atoms with E-state index in [1.807, 2.05) is 0 Å². The number of amides is 1. The molecular formula is C15H13FN2O3. The Balaban J connectivity index is 1.58. The van der Waals surface area contributed by atoms with E-state index in [0.29, 0.717) is 17.0 Å². The number of carbonyl (C=O) groups excluding carboxylic acids is 1. The van der Waals surface area contributed by atoms with Crippen molar-refractivity contribution >= 4 is 11.6 Å². The lowest BCUT2D eigenvalue weighted by Gasteiger charge is -2.08. The van der Waals surface area contributed by atoms with E-state index in [9.17, 15) is 9.18 Å². The van der Waals surface area contributed by atoms with E-state index in [0.717, 1.165) is 0 Å². The smallest absolute Gasteiger partial charge is 0.264 e. The number of hydrogen-bond acceptors (Lipinski definition) is 4. The summed E-state index contributed by atoms with van der Waals surface area (Å²) in [5, 5.41) is 6.50. The molecule has 2 heterocycles. The van der Waals surface area contributed by atoms with Crippen molar-refractivity contribution in [2.75, 3.05) is 0 Å². The summed E-state index contributed by atoms with van der Waals surface area (Å²) in [5.74, 6) is -0.0328. The molecule has 0 spiro atoms. The van der Waals surface area contributed by atoms with Crippen LogP contribution in [0.5, 0.6) is 0 Å². The molecule has 1 aromatic carbocycles. The van der Waals surface area contributed by atoms with E-state index in [1.54, 1.807) is 30.3 Å². The van der Waals surface area contributed by atoms with Crippen LogP contribution in [-0.2, 0) is 16.2 Å². The number of halogens is 1. The predicted molar refractivity (Wildman–Crippen MR) is 73.0 cm³/mol. The molecule has 108 valence electrons. The van der Waals surface area contributed by atoms with Crippen molar-refractivity contribution in [3.8, 4) is 0 Å². The topological polar surface area (TPSA) is 63.8 Å². The molecular weight excluding hydrogens is 275 g/mol. The third kappa shape index (κ3) is 2.94. The second kappa shape index (κ2) is 5.78. The van der Waals surface area contributed by atoms with E-state index >= 15 is 0 Å². The highest BCUT2D eigenvalue weighted by atomic mass is 19.1. The second-order valence-electron chi connectivity index (χ2n) is 4.61. The quantitative estimate of drug-likeness (QED) is 0.938. The molecule has 1 aliphatic rings. The third-order valence-electron chi connectivity index (χ3n) is 3.16. The molecule has 6 heteroatoms. The lowest BCUT2D eigenvalue weighted by Crippen LogP contribution is -2.34. The fourth-order valence-corrected chi connectivity index (χ4v) is 2.07. The third-order valence-corrected chi connectivity index (χ3v) is 3.16. The Morgan fingerprint density at radius 3 is 2.95 bits per heavy atom. The number of hydrogen-bond donors (Lipinski definition) is 1. The number of carbonyl (C=O) groups is 1. The summed E-state index contributed by atoms with van der Waals surface area (Å²) in [6.07, 6.45) is 1.03. The lowest BCUT2D eigenvalue weighted by molar-refractivity contribution is -0.131. The minimum Gasteiger partial charge on any atom is -0.467 e. The van der Waals surface area contributed by atoms with Crippen molar-refractivity contribution in [2.45, 2.75) is 19.1 Å². The van der Waals surface area contributed by atoms with Gasteiger partial charge in [0.15, 0.2) is 0 Å². The Hall–Kier alpha value is -2.63. The van der Waals surface area contributed by atoms with E-state index in [4.69, 9.17) is 9.25 Å². The van der Waals surface area contributed by atoms with Crippen LogP contribution < -0.4 is 5.32 Å². The van der Waals surface area contributed by atoms with Gasteiger partial charge in [-0.05, 0) is 18.2 Å². The molecule has 0 saturated heterocycles. The zero-order valence-electron chi connectivity index (χ0n) is 11.1. The van der Waals surface area contributed by atoms with Gasteiger partial charge >= 0.3 is 0 Å². The van der Waals surface area contributed by atoms with E-state index < -0.39 is 6.10 Å². The first-order chi connectivity index (χ1) is 10.2. The van der Waals surface area contributed by atoms with Gasteiger partial charge < -0.3 is 14.6 Å². The summed E-state index contributed by atoms with van der Waals surface area (Å²) < 4.78 is 18.8. The normalized spacial score (nSPS) is 17.2. The molecule has 3 rings (SSSR count). The number of benzene rings is 1. The molecule has 5 nitrogen and oxygen atoms in total. The maximum atomic E-state index is 13.7. The monoisotopic (exact) mass is 288 g/mol. The highest BCUT2D eigenvalue weighted by Gasteiger charge is 2.29. The fourth-order valence-electron chi connectivity index (χ4n) is 2.07. The van der Waals surface area contributed by atoms with Gasteiger partial charge in [0.2, 0.25) is 6.10 Å². The van der Waals surface area contributed by atoms with Crippen LogP contribution in [0.4, 0.5) is 4.39 Å². The molecule has 1 aromatic heterocycles. The van der Waals surface area contributed by atoms with Crippen molar-refractivity contribution in [3.05, 3.63) is 59.8 Å². The number of oxime groups is 1. The zero-order chi connectivity index (χ0) is 14.7. The highest BCUT2D eigenvalue weighted by Crippen LogP contribution is 2.19. The van der Waals surface area contributed by atoms with Crippen LogP contribution >= 0.6 is 0 Å². The van der Waals surface area contributed by atoms with Gasteiger partial charge in [-0.1, -0.05) is 23.4 Å². The summed E-state index contributed by atoms with van der Waals surface area (Å²) >= 11 is 0. The van der Waals surface area contributed by atoms with Gasteiger partial charge in [-0.25, -0.2) is 4.39 Å². The van der Waals surface area contributed by atoms with Crippen LogP contribution in [0.2, 0.25) is 0 Å². The molecule has 1 N–H and O–H groups in total. The van der Waals surface area contributed by atoms with Crippen LogP contribution in [0.3, 0.4) is 0 Å². The Morgan fingerprint density at radius 2 is 2.19 bits per heavy atom. The molecule has 21 heavy (non-hydrogen) atoms. The molecule has 1 atom stereocenters. The van der Waals surface area contributed by atoms with Crippen LogP contribution in [-0.4, -0.2) is 17.7 Å². The lowest BCUT2D eigenvalue weighted by atomic mass is 10.0. The van der Waals surface area contributed by atoms with Crippen LogP contribution in [0.15, 0.2) is 52.2 Å². The van der Waals surface area contributed by atoms with Crippen molar-refractivity contribution in [3.63, 3.8) is 0 Å². The molecule has 1 amide bonds. The van der Waals surface area contributed by atoms with E-state index in [1.165, 1.54) is 12.3 Å². The summed E-state index contributed by atoms with van der Waals surface area (Å²) in [5.41, 5.74) is 0.796. The molecule has 0 bridgehead atoms. The first kappa shape index (κ1) is 13.4. The molecule has 1 aliphatic heterocycles. The first-order valence-electron chi connectivity index (χ1n) is 6.52. The largest absolute Gasteiger partial charge is 0.467 e. The fraction of sp³-hybridized carbons (Fsp3) is 0.200. The van der Waals surface area contributed by atoms with E-state index in [2.05, 4.69) is 10.5 Å². The number of nitrogens with zero attached hydrogens (tertiary/aromatic N) is 1. The second-order valence-corrected chi connectivity index (χ2v) is 4.61. The van der Waals surface area contributed by atoms with Gasteiger partial charge in [0.1, 0.15) is 11.6 Å². The predicted octanol–water partition coefficient (Wildman–Crippen LogP) is 2.23. The molecule has 0 fully saturated rings. The van der Waals surface area contributed by atoms with Crippen molar-refractivity contribution < 1.29 is 18.4 Å². The molecule has 1 unspecified atom stereocenters. The Morgan fingerprint density at radius 1 is 1.33 bits per heavy atom. The Labute approximate surface area is 120 Å². The maximum absolute atomic E-state index is 13.7. The van der Waals surface area contributed by atoms with Gasteiger partial charge in [0.25, 0.3) is 5.91 Å². The van der Waals surface area contributed by atoms with Crippen molar-refractivity contribution in [2.24, 2.45) is 5.16 Å². The standard InChI is InChI=1S/C15H13FN2O3/c16-12-6-2-1-5-11(12)13-8-14(21-18-13)15(19)17-9-10-4-3-7-20-10/h1-7,14H,8-9H2,(H,17,19). The molecule has 2 aromatic rings. The van der Waals surface area contributed by atoms with Gasteiger partial charge in [-0.3, -0.25) is 4.79 Å². The van der Waals surface area contributed by atoms with Crippen molar-refractivity contribution in [1.29, 1.82) is 0 Å². The Bertz CT molecular complexity index is 667. The molecule has 0 saturated carbocycles. The van der Waals surface area contributed by atoms with E-state index in [-0.39, 0.29) is 24.7 Å². The minimum atomic E-state index is -0.741. The summed E-state index contributed by atoms with van der Waals surface area (Å²) in [4.78, 5) is 17.0. The van der Waals surface area contributed by atoms with Crippen LogP contribution in [0, 0.1) is 5.82 Å².